The van der Waals surface area contributed by atoms with E-state index in [0.29, 0.717) is 5.75 Å². The fraction of sp³-hybridized carbons (Fsp3) is 1.00. The zero-order valence-electron chi connectivity index (χ0n) is 12.3. The minimum Gasteiger partial charge on any atom is -0.315 e. The number of rotatable bonds is 6. The molecule has 3 nitrogen and oxygen atoms in total. The topological polar surface area (TPSA) is 46.2 Å². The van der Waals surface area contributed by atoms with Gasteiger partial charge in [0.2, 0.25) is 0 Å². The van der Waals surface area contributed by atoms with Gasteiger partial charge in [-0.1, -0.05) is 40.0 Å². The average molecular weight is 275 g/mol. The highest BCUT2D eigenvalue weighted by molar-refractivity contribution is 7.92. The smallest absolute Gasteiger partial charge is 0.154 e. The summed E-state index contributed by atoms with van der Waals surface area (Å²) in [6, 6.07) is 0.0953. The molecule has 0 aromatic rings. The molecular weight excluding hydrogens is 246 g/mol. The van der Waals surface area contributed by atoms with Gasteiger partial charge < -0.3 is 5.32 Å². The van der Waals surface area contributed by atoms with Gasteiger partial charge in [0, 0.05) is 6.04 Å². The van der Waals surface area contributed by atoms with Crippen LogP contribution in [0.25, 0.3) is 0 Å². The SMILES string of the molecule is CCCCCS(=O)(=O)C1CCCC(C)(C)C1NC. The van der Waals surface area contributed by atoms with Crippen LogP contribution in [-0.4, -0.2) is 32.5 Å². The van der Waals surface area contributed by atoms with Crippen LogP contribution in [0.5, 0.6) is 0 Å². The number of sulfone groups is 1. The van der Waals surface area contributed by atoms with E-state index >= 15 is 0 Å². The Bertz CT molecular complexity index is 349. The second kappa shape index (κ2) is 6.38. The molecule has 108 valence electrons. The van der Waals surface area contributed by atoms with Gasteiger partial charge >= 0.3 is 0 Å². The van der Waals surface area contributed by atoms with Crippen molar-refractivity contribution in [1.82, 2.24) is 5.32 Å². The van der Waals surface area contributed by atoms with Crippen molar-refractivity contribution in [3.05, 3.63) is 0 Å². The third-order valence-electron chi connectivity index (χ3n) is 4.33. The molecule has 1 rings (SSSR count). The monoisotopic (exact) mass is 275 g/mol. The second-order valence-electron chi connectivity index (χ2n) is 6.26. The first kappa shape index (κ1) is 16.0. The van der Waals surface area contributed by atoms with Crippen molar-refractivity contribution >= 4 is 9.84 Å². The summed E-state index contributed by atoms with van der Waals surface area (Å²) in [5, 5.41) is 3.07. The van der Waals surface area contributed by atoms with Crippen molar-refractivity contribution in [3.63, 3.8) is 0 Å². The van der Waals surface area contributed by atoms with E-state index in [9.17, 15) is 8.42 Å². The molecule has 18 heavy (non-hydrogen) atoms. The number of hydrogen-bond donors (Lipinski definition) is 1. The van der Waals surface area contributed by atoms with Crippen LogP contribution in [0.2, 0.25) is 0 Å². The fourth-order valence-corrected chi connectivity index (χ4v) is 5.61. The highest BCUT2D eigenvalue weighted by atomic mass is 32.2. The number of hydrogen-bond acceptors (Lipinski definition) is 3. The molecule has 0 heterocycles. The first-order valence-corrected chi connectivity index (χ1v) is 8.95. The maximum absolute atomic E-state index is 12.5. The van der Waals surface area contributed by atoms with E-state index in [0.717, 1.165) is 38.5 Å². The van der Waals surface area contributed by atoms with Crippen LogP contribution in [0.3, 0.4) is 0 Å². The fourth-order valence-electron chi connectivity index (χ4n) is 3.25. The van der Waals surface area contributed by atoms with Crippen molar-refractivity contribution in [1.29, 1.82) is 0 Å². The van der Waals surface area contributed by atoms with Gasteiger partial charge in [0.1, 0.15) is 0 Å². The molecule has 1 aliphatic carbocycles. The lowest BCUT2D eigenvalue weighted by Crippen LogP contribution is -2.54. The van der Waals surface area contributed by atoms with Gasteiger partial charge in [-0.15, -0.1) is 0 Å². The first-order chi connectivity index (χ1) is 8.35. The van der Waals surface area contributed by atoms with Gasteiger partial charge in [-0.2, -0.15) is 0 Å². The molecule has 1 saturated carbocycles. The van der Waals surface area contributed by atoms with Crippen LogP contribution in [0.4, 0.5) is 0 Å². The molecule has 0 saturated heterocycles. The molecule has 4 heteroatoms. The molecule has 2 unspecified atom stereocenters. The maximum Gasteiger partial charge on any atom is 0.154 e. The average Bonchev–Trinajstić information content (AvgIpc) is 2.27. The van der Waals surface area contributed by atoms with Crippen LogP contribution in [0.15, 0.2) is 0 Å². The summed E-state index contributed by atoms with van der Waals surface area (Å²) >= 11 is 0. The van der Waals surface area contributed by atoms with E-state index < -0.39 is 9.84 Å². The lowest BCUT2D eigenvalue weighted by atomic mass is 9.73. The number of nitrogens with one attached hydrogen (secondary N) is 1. The quantitative estimate of drug-likeness (QED) is 0.758. The second-order valence-corrected chi connectivity index (χ2v) is 8.60. The first-order valence-electron chi connectivity index (χ1n) is 7.24. The molecule has 0 amide bonds. The van der Waals surface area contributed by atoms with Crippen molar-refractivity contribution in [2.75, 3.05) is 12.8 Å². The minimum absolute atomic E-state index is 0.0789. The predicted molar refractivity (Wildman–Crippen MR) is 77.6 cm³/mol. The molecule has 1 aliphatic rings. The lowest BCUT2D eigenvalue weighted by Gasteiger charge is -2.43. The van der Waals surface area contributed by atoms with E-state index in [1.165, 1.54) is 0 Å². The Morgan fingerprint density at radius 2 is 1.94 bits per heavy atom. The van der Waals surface area contributed by atoms with E-state index in [1.54, 1.807) is 0 Å². The van der Waals surface area contributed by atoms with Crippen LogP contribution in [0, 0.1) is 5.41 Å². The van der Waals surface area contributed by atoms with Crippen molar-refractivity contribution in [2.24, 2.45) is 5.41 Å². The summed E-state index contributed by atoms with van der Waals surface area (Å²) in [6.45, 7) is 6.47. The summed E-state index contributed by atoms with van der Waals surface area (Å²) in [4.78, 5) is 0. The van der Waals surface area contributed by atoms with Crippen molar-refractivity contribution in [2.45, 2.75) is 70.6 Å². The van der Waals surface area contributed by atoms with Gasteiger partial charge in [-0.3, -0.25) is 0 Å². The Morgan fingerprint density at radius 3 is 2.50 bits per heavy atom. The molecule has 0 bridgehead atoms. The molecule has 0 aliphatic heterocycles. The molecule has 1 fully saturated rings. The van der Waals surface area contributed by atoms with Gasteiger partial charge in [-0.25, -0.2) is 8.42 Å². The van der Waals surface area contributed by atoms with E-state index in [1.807, 2.05) is 7.05 Å². The highest BCUT2D eigenvalue weighted by Gasteiger charge is 2.43. The molecule has 1 N–H and O–H groups in total. The summed E-state index contributed by atoms with van der Waals surface area (Å²) < 4.78 is 25.0. The Hall–Kier alpha value is -0.0900. The summed E-state index contributed by atoms with van der Waals surface area (Å²) in [5.41, 5.74) is 0.0789. The standard InChI is InChI=1S/C14H29NO2S/c1-5-6-7-11-18(16,17)12-9-8-10-14(2,3)13(12)15-4/h12-13,15H,5-11H2,1-4H3. The highest BCUT2D eigenvalue weighted by Crippen LogP contribution is 2.38. The molecule has 0 aromatic heterocycles. The van der Waals surface area contributed by atoms with Gasteiger partial charge in [0.25, 0.3) is 0 Å². The van der Waals surface area contributed by atoms with E-state index in [2.05, 4.69) is 26.1 Å². The molecule has 0 spiro atoms. The van der Waals surface area contributed by atoms with Gasteiger partial charge in [0.05, 0.1) is 11.0 Å². The van der Waals surface area contributed by atoms with Crippen LogP contribution < -0.4 is 5.32 Å². The largest absolute Gasteiger partial charge is 0.315 e. The summed E-state index contributed by atoms with van der Waals surface area (Å²) in [7, 11) is -1.06. The van der Waals surface area contributed by atoms with E-state index in [-0.39, 0.29) is 16.7 Å². The minimum atomic E-state index is -2.95. The number of unbranched alkanes of at least 4 members (excludes halogenated alkanes) is 2. The molecular formula is C14H29NO2S. The third-order valence-corrected chi connectivity index (χ3v) is 6.62. The Kier molecular flexibility index (Phi) is 5.66. The van der Waals surface area contributed by atoms with Crippen LogP contribution in [-0.2, 0) is 9.84 Å². The van der Waals surface area contributed by atoms with Gasteiger partial charge in [-0.05, 0) is 31.7 Å². The van der Waals surface area contributed by atoms with Crippen molar-refractivity contribution < 1.29 is 8.42 Å². The Labute approximate surface area is 113 Å². The Morgan fingerprint density at radius 1 is 1.28 bits per heavy atom. The third kappa shape index (κ3) is 3.70. The maximum atomic E-state index is 12.5. The van der Waals surface area contributed by atoms with Gasteiger partial charge in [0.15, 0.2) is 9.84 Å². The van der Waals surface area contributed by atoms with Crippen molar-refractivity contribution in [3.8, 4) is 0 Å². The Balaban J connectivity index is 2.79. The predicted octanol–water partition coefficient (Wildman–Crippen LogP) is 2.76. The zero-order chi connectivity index (χ0) is 13.8. The summed E-state index contributed by atoms with van der Waals surface area (Å²) in [5.74, 6) is 0.361. The molecule has 2 atom stereocenters. The normalized spacial score (nSPS) is 28.2. The summed E-state index contributed by atoms with van der Waals surface area (Å²) in [6.07, 6.45) is 5.86. The van der Waals surface area contributed by atoms with E-state index in [4.69, 9.17) is 0 Å². The van der Waals surface area contributed by atoms with Crippen LogP contribution >= 0.6 is 0 Å². The molecule has 0 radical (unpaired) electrons. The molecule has 0 aromatic carbocycles. The van der Waals surface area contributed by atoms with Crippen LogP contribution in [0.1, 0.15) is 59.3 Å². The zero-order valence-corrected chi connectivity index (χ0v) is 13.1. The lowest BCUT2D eigenvalue weighted by molar-refractivity contribution is 0.178.